The Morgan fingerprint density at radius 1 is 1.44 bits per heavy atom. The number of carbonyl (C=O) groups is 1. The Bertz CT molecular complexity index is 415. The molecule has 2 N–H and O–H groups in total. The van der Waals surface area contributed by atoms with E-state index in [1.807, 2.05) is 18.2 Å². The lowest BCUT2D eigenvalue weighted by atomic mass is 9.97. The molecule has 0 fully saturated rings. The quantitative estimate of drug-likeness (QED) is 0.857. The largest absolute Gasteiger partial charge is 0.373 e. The summed E-state index contributed by atoms with van der Waals surface area (Å²) in [5, 5.41) is 6.34. The number of benzene rings is 1. The van der Waals surface area contributed by atoms with Gasteiger partial charge in [0.15, 0.2) is 0 Å². The standard InChI is InChI=1S/C15H22N2O/c1-11(2)9-10-16-15(18)14-8-7-12-5-3-4-6-13(12)17-14/h3-6,11,14,17H,7-10H2,1-2H3,(H,16,18). The van der Waals surface area contributed by atoms with Crippen molar-refractivity contribution in [2.75, 3.05) is 11.9 Å². The third kappa shape index (κ3) is 3.25. The molecular weight excluding hydrogens is 224 g/mol. The molecule has 18 heavy (non-hydrogen) atoms. The Labute approximate surface area is 109 Å². The molecule has 0 aliphatic carbocycles. The predicted molar refractivity (Wildman–Crippen MR) is 74.6 cm³/mol. The van der Waals surface area contributed by atoms with Gasteiger partial charge in [-0.3, -0.25) is 4.79 Å². The number of rotatable bonds is 4. The SMILES string of the molecule is CC(C)CCNC(=O)C1CCc2ccccc2N1. The van der Waals surface area contributed by atoms with Gasteiger partial charge < -0.3 is 10.6 Å². The number of nitrogens with one attached hydrogen (secondary N) is 2. The molecular formula is C15H22N2O. The second kappa shape index (κ2) is 5.89. The van der Waals surface area contributed by atoms with Crippen molar-refractivity contribution in [3.63, 3.8) is 0 Å². The van der Waals surface area contributed by atoms with Gasteiger partial charge in [-0.1, -0.05) is 32.0 Å². The summed E-state index contributed by atoms with van der Waals surface area (Å²) in [6.07, 6.45) is 2.89. The Morgan fingerprint density at radius 2 is 2.22 bits per heavy atom. The predicted octanol–water partition coefficient (Wildman–Crippen LogP) is 2.58. The van der Waals surface area contributed by atoms with Crippen LogP contribution in [0.3, 0.4) is 0 Å². The van der Waals surface area contributed by atoms with Crippen molar-refractivity contribution in [3.8, 4) is 0 Å². The average Bonchev–Trinajstić information content (AvgIpc) is 2.37. The number of fused-ring (bicyclic) bond motifs is 1. The molecule has 0 aromatic heterocycles. The Hall–Kier alpha value is -1.51. The monoisotopic (exact) mass is 246 g/mol. The van der Waals surface area contributed by atoms with E-state index in [2.05, 4.69) is 30.5 Å². The fourth-order valence-corrected chi connectivity index (χ4v) is 2.24. The van der Waals surface area contributed by atoms with Crippen molar-refractivity contribution < 1.29 is 4.79 Å². The number of hydrogen-bond acceptors (Lipinski definition) is 2. The van der Waals surface area contributed by atoms with Crippen LogP contribution in [0.2, 0.25) is 0 Å². The van der Waals surface area contributed by atoms with Gasteiger partial charge in [0.1, 0.15) is 6.04 Å². The van der Waals surface area contributed by atoms with E-state index in [0.29, 0.717) is 5.92 Å². The molecule has 98 valence electrons. The number of aryl methyl sites for hydroxylation is 1. The molecule has 3 nitrogen and oxygen atoms in total. The van der Waals surface area contributed by atoms with E-state index in [1.165, 1.54) is 5.56 Å². The van der Waals surface area contributed by atoms with E-state index < -0.39 is 0 Å². The normalized spacial score (nSPS) is 18.1. The highest BCUT2D eigenvalue weighted by Crippen LogP contribution is 2.24. The molecule has 1 aliphatic heterocycles. The number of carbonyl (C=O) groups excluding carboxylic acids is 1. The first-order chi connectivity index (χ1) is 8.66. The zero-order valence-electron chi connectivity index (χ0n) is 11.2. The lowest BCUT2D eigenvalue weighted by Gasteiger charge is -2.26. The molecule has 0 saturated heterocycles. The molecule has 0 radical (unpaired) electrons. The Kier molecular flexibility index (Phi) is 4.24. The van der Waals surface area contributed by atoms with Gasteiger partial charge >= 0.3 is 0 Å². The highest BCUT2D eigenvalue weighted by molar-refractivity contribution is 5.85. The fraction of sp³-hybridized carbons (Fsp3) is 0.533. The smallest absolute Gasteiger partial charge is 0.242 e. The van der Waals surface area contributed by atoms with Crippen LogP contribution < -0.4 is 10.6 Å². The lowest BCUT2D eigenvalue weighted by molar-refractivity contribution is -0.122. The molecule has 1 amide bonds. The molecule has 2 rings (SSSR count). The number of amides is 1. The number of anilines is 1. The number of para-hydroxylation sites is 1. The van der Waals surface area contributed by atoms with Gasteiger partial charge in [0.2, 0.25) is 5.91 Å². The van der Waals surface area contributed by atoms with Crippen molar-refractivity contribution >= 4 is 11.6 Å². The molecule has 1 heterocycles. The van der Waals surface area contributed by atoms with Gasteiger partial charge in [-0.25, -0.2) is 0 Å². The van der Waals surface area contributed by atoms with Crippen molar-refractivity contribution in [2.24, 2.45) is 5.92 Å². The van der Waals surface area contributed by atoms with E-state index in [9.17, 15) is 4.79 Å². The molecule has 1 unspecified atom stereocenters. The maximum atomic E-state index is 12.0. The minimum absolute atomic E-state index is 0.0768. The Morgan fingerprint density at radius 3 is 3.00 bits per heavy atom. The maximum Gasteiger partial charge on any atom is 0.242 e. The summed E-state index contributed by atoms with van der Waals surface area (Å²) in [4.78, 5) is 12.0. The topological polar surface area (TPSA) is 41.1 Å². The van der Waals surface area contributed by atoms with E-state index >= 15 is 0 Å². The van der Waals surface area contributed by atoms with Crippen LogP contribution >= 0.6 is 0 Å². The highest BCUT2D eigenvalue weighted by atomic mass is 16.2. The minimum atomic E-state index is -0.0768. The molecule has 3 heteroatoms. The molecule has 1 aromatic rings. The summed E-state index contributed by atoms with van der Waals surface area (Å²) >= 11 is 0. The van der Waals surface area contributed by atoms with E-state index in [0.717, 1.165) is 31.5 Å². The van der Waals surface area contributed by atoms with Crippen molar-refractivity contribution in [2.45, 2.75) is 39.2 Å². The summed E-state index contributed by atoms with van der Waals surface area (Å²) < 4.78 is 0. The summed E-state index contributed by atoms with van der Waals surface area (Å²) in [5.41, 5.74) is 2.41. The molecule has 0 saturated carbocycles. The zero-order valence-corrected chi connectivity index (χ0v) is 11.2. The van der Waals surface area contributed by atoms with Crippen LogP contribution in [0.1, 0.15) is 32.3 Å². The van der Waals surface area contributed by atoms with Crippen molar-refractivity contribution in [1.82, 2.24) is 5.32 Å². The van der Waals surface area contributed by atoms with Crippen LogP contribution in [0.15, 0.2) is 24.3 Å². The van der Waals surface area contributed by atoms with Crippen LogP contribution in [-0.4, -0.2) is 18.5 Å². The fourth-order valence-electron chi connectivity index (χ4n) is 2.24. The number of hydrogen-bond donors (Lipinski definition) is 2. The van der Waals surface area contributed by atoms with Crippen LogP contribution in [0.4, 0.5) is 5.69 Å². The van der Waals surface area contributed by atoms with Gasteiger partial charge in [0.25, 0.3) is 0 Å². The first-order valence-electron chi connectivity index (χ1n) is 6.79. The molecule has 1 aliphatic rings. The van der Waals surface area contributed by atoms with Gasteiger partial charge in [-0.2, -0.15) is 0 Å². The van der Waals surface area contributed by atoms with Crippen LogP contribution in [0.25, 0.3) is 0 Å². The lowest BCUT2D eigenvalue weighted by Crippen LogP contribution is -2.42. The summed E-state index contributed by atoms with van der Waals surface area (Å²) in [6.45, 7) is 5.11. The van der Waals surface area contributed by atoms with E-state index in [1.54, 1.807) is 0 Å². The van der Waals surface area contributed by atoms with Crippen molar-refractivity contribution in [3.05, 3.63) is 29.8 Å². The molecule has 1 atom stereocenters. The van der Waals surface area contributed by atoms with Crippen LogP contribution in [0, 0.1) is 5.92 Å². The molecule has 0 bridgehead atoms. The van der Waals surface area contributed by atoms with Gasteiger partial charge in [0, 0.05) is 12.2 Å². The van der Waals surface area contributed by atoms with Gasteiger partial charge in [-0.15, -0.1) is 0 Å². The Balaban J connectivity index is 1.87. The second-order valence-electron chi connectivity index (χ2n) is 5.37. The maximum absolute atomic E-state index is 12.0. The molecule has 1 aromatic carbocycles. The van der Waals surface area contributed by atoms with Crippen LogP contribution in [-0.2, 0) is 11.2 Å². The first kappa shape index (κ1) is 12.9. The first-order valence-corrected chi connectivity index (χ1v) is 6.79. The summed E-state index contributed by atoms with van der Waals surface area (Å²) in [6, 6.07) is 8.14. The average molecular weight is 246 g/mol. The van der Waals surface area contributed by atoms with Gasteiger partial charge in [-0.05, 0) is 36.8 Å². The highest BCUT2D eigenvalue weighted by Gasteiger charge is 2.23. The van der Waals surface area contributed by atoms with Gasteiger partial charge in [0.05, 0.1) is 0 Å². The molecule has 0 spiro atoms. The zero-order chi connectivity index (χ0) is 13.0. The summed E-state index contributed by atoms with van der Waals surface area (Å²) in [7, 11) is 0. The van der Waals surface area contributed by atoms with E-state index in [4.69, 9.17) is 0 Å². The third-order valence-corrected chi connectivity index (χ3v) is 3.39. The third-order valence-electron chi connectivity index (χ3n) is 3.39. The summed E-state index contributed by atoms with van der Waals surface area (Å²) in [5.74, 6) is 0.760. The van der Waals surface area contributed by atoms with E-state index in [-0.39, 0.29) is 11.9 Å². The second-order valence-corrected chi connectivity index (χ2v) is 5.37. The van der Waals surface area contributed by atoms with Crippen LogP contribution in [0.5, 0.6) is 0 Å². The minimum Gasteiger partial charge on any atom is -0.373 e. The van der Waals surface area contributed by atoms with Crippen molar-refractivity contribution in [1.29, 1.82) is 0 Å².